The summed E-state index contributed by atoms with van der Waals surface area (Å²) in [5.74, 6) is -0.794. The Kier molecular flexibility index (Phi) is 4.77. The number of ketones is 2. The second kappa shape index (κ2) is 7.29. The minimum Gasteiger partial charge on any atom is -0.482 e. The average molecular weight is 408 g/mol. The van der Waals surface area contributed by atoms with Crippen molar-refractivity contribution in [3.05, 3.63) is 58.1 Å². The Hall–Kier alpha value is -3.68. The molecule has 1 unspecified atom stereocenters. The maximum atomic E-state index is 13.2. The molecule has 1 aliphatic heterocycles. The fraction of sp³-hybridized carbons (Fsp3) is 0.273. The van der Waals surface area contributed by atoms with Gasteiger partial charge in [-0.25, -0.2) is 4.79 Å². The van der Waals surface area contributed by atoms with Crippen molar-refractivity contribution in [2.75, 3.05) is 18.1 Å². The molecule has 0 radical (unpaired) electrons. The third-order valence-electron chi connectivity index (χ3n) is 5.29. The lowest BCUT2D eigenvalue weighted by atomic mass is 10.0. The molecule has 2 aromatic carbocycles. The Morgan fingerprint density at radius 2 is 1.83 bits per heavy atom. The molecule has 8 heteroatoms. The van der Waals surface area contributed by atoms with E-state index in [0.29, 0.717) is 34.6 Å². The van der Waals surface area contributed by atoms with Crippen molar-refractivity contribution in [2.24, 2.45) is 0 Å². The van der Waals surface area contributed by atoms with Crippen molar-refractivity contribution in [1.82, 2.24) is 4.57 Å². The predicted octanol–water partition coefficient (Wildman–Crippen LogP) is 2.99. The van der Waals surface area contributed by atoms with Gasteiger partial charge in [0.25, 0.3) is 5.91 Å². The standard InChI is InChI=1S/C22H20N2O6/c1-4-23-17-9-15(6-8-18(17)29-11-20(23)26)21(27)12(2)24-16-7-5-14(13(3)25)10-19(16)30-22(24)28/h5-10,12H,4,11H2,1-3H3. The van der Waals surface area contributed by atoms with Gasteiger partial charge in [-0.1, -0.05) is 0 Å². The Bertz CT molecular complexity index is 1250. The molecule has 0 saturated heterocycles. The van der Waals surface area contributed by atoms with Crippen LogP contribution in [0.5, 0.6) is 5.75 Å². The summed E-state index contributed by atoms with van der Waals surface area (Å²) in [7, 11) is 0. The third kappa shape index (κ3) is 3.10. The number of fused-ring (bicyclic) bond motifs is 2. The van der Waals surface area contributed by atoms with E-state index in [2.05, 4.69) is 0 Å². The van der Waals surface area contributed by atoms with Crippen LogP contribution in [0.4, 0.5) is 5.69 Å². The number of benzene rings is 2. The van der Waals surface area contributed by atoms with Crippen molar-refractivity contribution < 1.29 is 23.5 Å². The molecule has 3 aromatic rings. The van der Waals surface area contributed by atoms with E-state index in [1.807, 2.05) is 6.92 Å². The number of Topliss-reactive ketones (excluding diaryl/α,β-unsaturated/α-hetero) is 2. The molecule has 2 heterocycles. The molecule has 0 saturated carbocycles. The molecule has 0 bridgehead atoms. The fourth-order valence-corrected chi connectivity index (χ4v) is 3.68. The number of carbonyl (C=O) groups is 3. The van der Waals surface area contributed by atoms with Gasteiger partial charge in [0, 0.05) is 17.7 Å². The highest BCUT2D eigenvalue weighted by atomic mass is 16.5. The zero-order valence-electron chi connectivity index (χ0n) is 16.8. The molecule has 1 atom stereocenters. The van der Waals surface area contributed by atoms with Crippen molar-refractivity contribution >= 4 is 34.3 Å². The number of hydrogen-bond donors (Lipinski definition) is 0. The summed E-state index contributed by atoms with van der Waals surface area (Å²) in [6.45, 7) is 5.29. The highest BCUT2D eigenvalue weighted by molar-refractivity contribution is 6.03. The number of hydrogen-bond acceptors (Lipinski definition) is 6. The minimum absolute atomic E-state index is 0.0385. The van der Waals surface area contributed by atoms with Gasteiger partial charge < -0.3 is 14.1 Å². The lowest BCUT2D eigenvalue weighted by molar-refractivity contribution is -0.121. The maximum absolute atomic E-state index is 13.2. The topological polar surface area (TPSA) is 98.8 Å². The number of rotatable bonds is 5. The molecule has 0 aliphatic carbocycles. The molecular formula is C22H20N2O6. The quantitative estimate of drug-likeness (QED) is 0.602. The zero-order chi connectivity index (χ0) is 21.6. The van der Waals surface area contributed by atoms with Crippen LogP contribution in [0.3, 0.4) is 0 Å². The Morgan fingerprint density at radius 3 is 2.53 bits per heavy atom. The summed E-state index contributed by atoms with van der Waals surface area (Å²) in [4.78, 5) is 50.9. The molecule has 1 aliphatic rings. The second-order valence-electron chi connectivity index (χ2n) is 7.13. The van der Waals surface area contributed by atoms with Gasteiger partial charge in [-0.05, 0) is 57.2 Å². The van der Waals surface area contributed by atoms with Crippen LogP contribution in [0.2, 0.25) is 0 Å². The molecule has 0 spiro atoms. The highest BCUT2D eigenvalue weighted by Gasteiger charge is 2.28. The predicted molar refractivity (Wildman–Crippen MR) is 109 cm³/mol. The summed E-state index contributed by atoms with van der Waals surface area (Å²) in [5.41, 5.74) is 1.97. The number of nitrogens with zero attached hydrogens (tertiary/aromatic N) is 2. The summed E-state index contributed by atoms with van der Waals surface area (Å²) < 4.78 is 12.0. The Morgan fingerprint density at radius 1 is 1.10 bits per heavy atom. The lowest BCUT2D eigenvalue weighted by Gasteiger charge is -2.28. The van der Waals surface area contributed by atoms with E-state index in [9.17, 15) is 19.2 Å². The van der Waals surface area contributed by atoms with E-state index in [0.717, 1.165) is 0 Å². The van der Waals surface area contributed by atoms with E-state index in [1.165, 1.54) is 17.6 Å². The fourth-order valence-electron chi connectivity index (χ4n) is 3.68. The van der Waals surface area contributed by atoms with Crippen LogP contribution in [0, 0.1) is 0 Å². The largest absolute Gasteiger partial charge is 0.482 e. The smallest absolute Gasteiger partial charge is 0.420 e. The highest BCUT2D eigenvalue weighted by Crippen LogP contribution is 2.34. The van der Waals surface area contributed by atoms with E-state index < -0.39 is 11.8 Å². The summed E-state index contributed by atoms with van der Waals surface area (Å²) in [6, 6.07) is 8.70. The summed E-state index contributed by atoms with van der Waals surface area (Å²) >= 11 is 0. The molecule has 0 fully saturated rings. The van der Waals surface area contributed by atoms with Gasteiger partial charge >= 0.3 is 5.76 Å². The second-order valence-corrected chi connectivity index (χ2v) is 7.13. The van der Waals surface area contributed by atoms with Crippen LogP contribution in [0.25, 0.3) is 11.1 Å². The molecule has 1 aromatic heterocycles. The Labute approximate surface area is 171 Å². The molecule has 8 nitrogen and oxygen atoms in total. The van der Waals surface area contributed by atoms with Gasteiger partial charge in [0.05, 0.1) is 11.2 Å². The van der Waals surface area contributed by atoms with Gasteiger partial charge in [-0.15, -0.1) is 0 Å². The third-order valence-corrected chi connectivity index (χ3v) is 5.29. The van der Waals surface area contributed by atoms with Gasteiger partial charge in [0.2, 0.25) is 0 Å². The van der Waals surface area contributed by atoms with Crippen LogP contribution in [-0.4, -0.2) is 35.2 Å². The Balaban J connectivity index is 1.74. The van der Waals surface area contributed by atoms with Gasteiger partial charge in [-0.2, -0.15) is 0 Å². The van der Waals surface area contributed by atoms with Crippen LogP contribution in [-0.2, 0) is 4.79 Å². The molecule has 1 amide bonds. The number of anilines is 1. The van der Waals surface area contributed by atoms with Gasteiger partial charge in [0.1, 0.15) is 11.8 Å². The first kappa shape index (κ1) is 19.6. The van der Waals surface area contributed by atoms with Crippen LogP contribution in [0.15, 0.2) is 45.6 Å². The van der Waals surface area contributed by atoms with Crippen LogP contribution >= 0.6 is 0 Å². The van der Waals surface area contributed by atoms with Crippen LogP contribution < -0.4 is 15.4 Å². The number of likely N-dealkylation sites (N-methyl/N-ethyl adjacent to an activating group) is 1. The van der Waals surface area contributed by atoms with Gasteiger partial charge in [0.15, 0.2) is 23.8 Å². The average Bonchev–Trinajstić information content (AvgIpc) is 3.06. The molecule has 154 valence electrons. The van der Waals surface area contributed by atoms with Crippen molar-refractivity contribution in [2.45, 2.75) is 26.8 Å². The molecule has 4 rings (SSSR count). The number of carbonyl (C=O) groups excluding carboxylic acids is 3. The van der Waals surface area contributed by atoms with Gasteiger partial charge in [-0.3, -0.25) is 19.0 Å². The first-order valence-corrected chi connectivity index (χ1v) is 9.59. The van der Waals surface area contributed by atoms with Crippen molar-refractivity contribution in [1.29, 1.82) is 0 Å². The number of ether oxygens (including phenoxy) is 1. The first-order valence-electron chi connectivity index (χ1n) is 9.59. The number of aromatic nitrogens is 1. The van der Waals surface area contributed by atoms with E-state index >= 15 is 0 Å². The molecule has 30 heavy (non-hydrogen) atoms. The van der Waals surface area contributed by atoms with E-state index in [4.69, 9.17) is 9.15 Å². The maximum Gasteiger partial charge on any atom is 0.420 e. The van der Waals surface area contributed by atoms with E-state index in [1.54, 1.807) is 42.2 Å². The van der Waals surface area contributed by atoms with Crippen molar-refractivity contribution in [3.8, 4) is 5.75 Å². The van der Waals surface area contributed by atoms with Crippen LogP contribution in [0.1, 0.15) is 47.5 Å². The monoisotopic (exact) mass is 408 g/mol. The molecule has 0 N–H and O–H groups in total. The SMILES string of the molecule is CCN1C(=O)COc2ccc(C(=O)C(C)n3c(=O)oc4cc(C(C)=O)ccc43)cc21. The summed E-state index contributed by atoms with van der Waals surface area (Å²) in [5, 5.41) is 0. The zero-order valence-corrected chi connectivity index (χ0v) is 16.8. The normalized spacial score (nSPS) is 14.4. The lowest BCUT2D eigenvalue weighted by Crippen LogP contribution is -2.38. The van der Waals surface area contributed by atoms with Crippen molar-refractivity contribution in [3.63, 3.8) is 0 Å². The minimum atomic E-state index is -0.852. The first-order chi connectivity index (χ1) is 14.3. The van der Waals surface area contributed by atoms with E-state index in [-0.39, 0.29) is 29.7 Å². The number of amides is 1. The molecular weight excluding hydrogens is 388 g/mol. The summed E-state index contributed by atoms with van der Waals surface area (Å²) in [6.07, 6.45) is 0. The number of oxazole rings is 1.